The first-order chi connectivity index (χ1) is 15.4. The van der Waals surface area contributed by atoms with Crippen LogP contribution in [0.3, 0.4) is 0 Å². The van der Waals surface area contributed by atoms with Gasteiger partial charge in [0.2, 0.25) is 17.7 Å². The normalized spacial score (nSPS) is 25.4. The lowest BCUT2D eigenvalue weighted by molar-refractivity contribution is -0.125. The Morgan fingerprint density at radius 2 is 1.97 bits per heavy atom. The van der Waals surface area contributed by atoms with Gasteiger partial charge in [-0.05, 0) is 42.7 Å². The number of anilines is 2. The molecule has 166 valence electrons. The van der Waals surface area contributed by atoms with Gasteiger partial charge < -0.3 is 10.6 Å². The molecule has 2 aromatic rings. The summed E-state index contributed by atoms with van der Waals surface area (Å²) in [5, 5.41) is 5.97. The number of amides is 3. The van der Waals surface area contributed by atoms with Crippen molar-refractivity contribution < 1.29 is 18.8 Å². The number of nitrogens with zero attached hydrogens (tertiary/aromatic N) is 2. The van der Waals surface area contributed by atoms with Crippen molar-refractivity contribution in [2.45, 2.75) is 30.7 Å². The summed E-state index contributed by atoms with van der Waals surface area (Å²) in [7, 11) is 0. The van der Waals surface area contributed by atoms with Gasteiger partial charge in [0, 0.05) is 25.4 Å². The summed E-state index contributed by atoms with van der Waals surface area (Å²) in [5.41, 5.74) is 1.59. The Kier molecular flexibility index (Phi) is 5.17. The van der Waals surface area contributed by atoms with E-state index in [1.165, 1.54) is 17.0 Å². The number of benzene rings is 2. The second-order valence-electron chi connectivity index (χ2n) is 8.88. The quantitative estimate of drug-likeness (QED) is 0.773. The smallest absolute Gasteiger partial charge is 0.244 e. The van der Waals surface area contributed by atoms with Gasteiger partial charge >= 0.3 is 0 Å². The van der Waals surface area contributed by atoms with Gasteiger partial charge in [-0.25, -0.2) is 4.39 Å². The molecule has 5 rings (SSSR count). The maximum atomic E-state index is 14.0. The summed E-state index contributed by atoms with van der Waals surface area (Å²) in [4.78, 5) is 41.2. The third kappa shape index (κ3) is 3.75. The minimum Gasteiger partial charge on any atom is -0.349 e. The van der Waals surface area contributed by atoms with E-state index in [0.29, 0.717) is 30.9 Å². The Balaban J connectivity index is 1.40. The fourth-order valence-electron chi connectivity index (χ4n) is 5.35. The number of piperidine rings is 1. The van der Waals surface area contributed by atoms with Crippen LogP contribution in [0.25, 0.3) is 0 Å². The van der Waals surface area contributed by atoms with Gasteiger partial charge in [-0.1, -0.05) is 24.3 Å². The van der Waals surface area contributed by atoms with E-state index in [1.54, 1.807) is 12.1 Å². The highest BCUT2D eigenvalue weighted by Crippen LogP contribution is 2.41. The first-order valence-corrected chi connectivity index (χ1v) is 10.9. The highest BCUT2D eigenvalue weighted by atomic mass is 19.1. The van der Waals surface area contributed by atoms with E-state index in [4.69, 9.17) is 0 Å². The fourth-order valence-corrected chi connectivity index (χ4v) is 5.35. The number of rotatable bonds is 3. The standard InChI is InChI=1S/C24H25FN4O3/c25-17-6-3-5-16(11-17)18-12-28(15-24(18)10-4-9-21(30)27-24)14-23(32)29-13-22(31)26-19-7-1-2-8-20(19)29/h1-3,5-8,11,18H,4,9-10,12-15H2,(H,26,31)(H,27,30)/t18-,24+/m0/s1. The zero-order valence-corrected chi connectivity index (χ0v) is 17.6. The second-order valence-corrected chi connectivity index (χ2v) is 8.88. The van der Waals surface area contributed by atoms with Gasteiger partial charge in [-0.2, -0.15) is 0 Å². The molecular formula is C24H25FN4O3. The fraction of sp³-hybridized carbons (Fsp3) is 0.375. The molecule has 7 nitrogen and oxygen atoms in total. The Labute approximate surface area is 185 Å². The topological polar surface area (TPSA) is 81.8 Å². The van der Waals surface area contributed by atoms with Gasteiger partial charge in [0.25, 0.3) is 0 Å². The summed E-state index contributed by atoms with van der Waals surface area (Å²) < 4.78 is 14.0. The van der Waals surface area contributed by atoms with Crippen molar-refractivity contribution in [2.75, 3.05) is 36.4 Å². The molecule has 0 aromatic heterocycles. The maximum Gasteiger partial charge on any atom is 0.244 e. The molecule has 0 bridgehead atoms. The zero-order chi connectivity index (χ0) is 22.3. The molecule has 1 spiro atoms. The molecule has 0 aliphatic carbocycles. The summed E-state index contributed by atoms with van der Waals surface area (Å²) in [6, 6.07) is 13.7. The first kappa shape index (κ1) is 20.6. The third-order valence-electron chi connectivity index (χ3n) is 6.71. The number of carbonyl (C=O) groups excluding carboxylic acids is 3. The number of likely N-dealkylation sites (tertiary alicyclic amines) is 1. The number of hydrogen-bond donors (Lipinski definition) is 2. The van der Waals surface area contributed by atoms with Gasteiger partial charge in [-0.3, -0.25) is 24.2 Å². The highest BCUT2D eigenvalue weighted by molar-refractivity contribution is 6.10. The minimum absolute atomic E-state index is 0.00698. The molecule has 2 N–H and O–H groups in total. The van der Waals surface area contributed by atoms with Crippen LogP contribution in [0.15, 0.2) is 48.5 Å². The van der Waals surface area contributed by atoms with Crippen molar-refractivity contribution in [3.63, 3.8) is 0 Å². The summed E-state index contributed by atoms with van der Waals surface area (Å²) in [6.45, 7) is 1.12. The molecule has 2 atom stereocenters. The molecular weight excluding hydrogens is 411 g/mol. The molecule has 0 saturated carbocycles. The van der Waals surface area contributed by atoms with E-state index in [1.807, 2.05) is 29.2 Å². The van der Waals surface area contributed by atoms with Crippen molar-refractivity contribution in [2.24, 2.45) is 0 Å². The molecule has 3 aliphatic heterocycles. The van der Waals surface area contributed by atoms with Crippen LogP contribution in [0.5, 0.6) is 0 Å². The maximum absolute atomic E-state index is 14.0. The minimum atomic E-state index is -0.527. The predicted molar refractivity (Wildman–Crippen MR) is 118 cm³/mol. The van der Waals surface area contributed by atoms with E-state index in [9.17, 15) is 18.8 Å². The van der Waals surface area contributed by atoms with Crippen molar-refractivity contribution >= 4 is 29.1 Å². The number of hydrogen-bond acceptors (Lipinski definition) is 4. The molecule has 32 heavy (non-hydrogen) atoms. The lowest BCUT2D eigenvalue weighted by Crippen LogP contribution is -2.56. The molecule has 3 aliphatic rings. The van der Waals surface area contributed by atoms with Crippen LogP contribution >= 0.6 is 0 Å². The Hall–Kier alpha value is -3.26. The van der Waals surface area contributed by atoms with Crippen LogP contribution in [0.4, 0.5) is 15.8 Å². The van der Waals surface area contributed by atoms with Crippen LogP contribution < -0.4 is 15.5 Å². The van der Waals surface area contributed by atoms with Gasteiger partial charge in [-0.15, -0.1) is 0 Å². The summed E-state index contributed by atoms with van der Waals surface area (Å²) >= 11 is 0. The van der Waals surface area contributed by atoms with E-state index >= 15 is 0 Å². The molecule has 2 aromatic carbocycles. The van der Waals surface area contributed by atoms with Crippen molar-refractivity contribution in [1.29, 1.82) is 0 Å². The van der Waals surface area contributed by atoms with Crippen LogP contribution in [-0.2, 0) is 14.4 Å². The number of carbonyl (C=O) groups is 3. The SMILES string of the molecule is O=C1CN(C(=O)CN2C[C@@H](c3cccc(F)c3)[C@@]3(CCCC(=O)N3)C2)c2ccccc2N1. The molecule has 2 saturated heterocycles. The van der Waals surface area contributed by atoms with Crippen molar-refractivity contribution in [3.05, 3.63) is 59.9 Å². The lowest BCUT2D eigenvalue weighted by Gasteiger charge is -2.39. The molecule has 8 heteroatoms. The lowest BCUT2D eigenvalue weighted by atomic mass is 9.76. The van der Waals surface area contributed by atoms with Gasteiger partial charge in [0.15, 0.2) is 0 Å². The zero-order valence-electron chi connectivity index (χ0n) is 17.6. The molecule has 2 fully saturated rings. The molecule has 0 radical (unpaired) electrons. The molecule has 3 amide bonds. The van der Waals surface area contributed by atoms with E-state index < -0.39 is 5.54 Å². The third-order valence-corrected chi connectivity index (χ3v) is 6.71. The summed E-state index contributed by atoms with van der Waals surface area (Å²) in [6.07, 6.45) is 2.02. The van der Waals surface area contributed by atoms with Crippen LogP contribution in [-0.4, -0.2) is 54.3 Å². The largest absolute Gasteiger partial charge is 0.349 e. The number of halogens is 1. The molecule has 0 unspecified atom stereocenters. The monoisotopic (exact) mass is 436 g/mol. The highest BCUT2D eigenvalue weighted by Gasteiger charge is 2.50. The molecule has 3 heterocycles. The number of fused-ring (bicyclic) bond motifs is 1. The predicted octanol–water partition coefficient (Wildman–Crippen LogP) is 2.25. The van der Waals surface area contributed by atoms with E-state index in [-0.39, 0.29) is 42.5 Å². The van der Waals surface area contributed by atoms with Gasteiger partial charge in [0.05, 0.1) is 23.5 Å². The Morgan fingerprint density at radius 1 is 1.12 bits per heavy atom. The average Bonchev–Trinajstić information content (AvgIpc) is 3.09. The van der Waals surface area contributed by atoms with Gasteiger partial charge in [0.1, 0.15) is 12.4 Å². The Morgan fingerprint density at radius 3 is 2.78 bits per heavy atom. The summed E-state index contributed by atoms with van der Waals surface area (Å²) in [5.74, 6) is -0.846. The average molecular weight is 436 g/mol. The van der Waals surface area contributed by atoms with Crippen molar-refractivity contribution in [3.8, 4) is 0 Å². The number of nitrogens with one attached hydrogen (secondary N) is 2. The second kappa shape index (κ2) is 8.02. The van der Waals surface area contributed by atoms with E-state index in [2.05, 4.69) is 10.6 Å². The number of para-hydroxylation sites is 2. The van der Waals surface area contributed by atoms with E-state index in [0.717, 1.165) is 18.4 Å². The first-order valence-electron chi connectivity index (χ1n) is 10.9. The van der Waals surface area contributed by atoms with Crippen LogP contribution in [0, 0.1) is 5.82 Å². The van der Waals surface area contributed by atoms with Crippen LogP contribution in [0.2, 0.25) is 0 Å². The Bertz CT molecular complexity index is 1090. The van der Waals surface area contributed by atoms with Crippen molar-refractivity contribution in [1.82, 2.24) is 10.2 Å². The van der Waals surface area contributed by atoms with Crippen LogP contribution in [0.1, 0.15) is 30.7 Å².